The van der Waals surface area contributed by atoms with Crippen molar-refractivity contribution in [1.29, 1.82) is 0 Å². The molecule has 0 aliphatic carbocycles. The second kappa shape index (κ2) is 6.70. The third-order valence-electron chi connectivity index (χ3n) is 3.65. The predicted molar refractivity (Wildman–Crippen MR) is 83.2 cm³/mol. The van der Waals surface area contributed by atoms with E-state index in [1.54, 1.807) is 13.1 Å². The molecule has 0 aliphatic rings. The Morgan fingerprint density at radius 2 is 1.85 bits per heavy atom. The molecule has 114 valence electrons. The maximum absolute atomic E-state index is 12.5. The molecule has 0 aliphatic heterocycles. The minimum absolute atomic E-state index is 0.0202. The monoisotopic (exact) mass is 298 g/mol. The van der Waals surface area contributed by atoms with E-state index in [9.17, 15) is 8.42 Å². The zero-order valence-corrected chi connectivity index (χ0v) is 13.9. The van der Waals surface area contributed by atoms with Crippen LogP contribution in [0.25, 0.3) is 0 Å². The highest BCUT2D eigenvalue weighted by atomic mass is 32.2. The van der Waals surface area contributed by atoms with E-state index >= 15 is 0 Å². The first-order valence-corrected chi connectivity index (χ1v) is 8.39. The Hall–Kier alpha value is -0.910. The summed E-state index contributed by atoms with van der Waals surface area (Å²) in [5, 5.41) is 0. The molecule has 0 saturated carbocycles. The third-order valence-corrected chi connectivity index (χ3v) is 5.67. The Morgan fingerprint density at radius 3 is 2.35 bits per heavy atom. The zero-order chi connectivity index (χ0) is 15.5. The summed E-state index contributed by atoms with van der Waals surface area (Å²) in [7, 11) is -1.82. The van der Waals surface area contributed by atoms with Gasteiger partial charge in [0.2, 0.25) is 10.0 Å². The SMILES string of the molecule is Cc1ccc(S(=O)(=O)N(C)CCC(N)C(C)C)c(C)c1. The summed E-state index contributed by atoms with van der Waals surface area (Å²) in [6, 6.07) is 5.42. The van der Waals surface area contributed by atoms with E-state index in [2.05, 4.69) is 0 Å². The highest BCUT2D eigenvalue weighted by Crippen LogP contribution is 2.20. The fourth-order valence-corrected chi connectivity index (χ4v) is 3.43. The minimum Gasteiger partial charge on any atom is -0.327 e. The molecule has 0 saturated heterocycles. The lowest BCUT2D eigenvalue weighted by Crippen LogP contribution is -2.34. The van der Waals surface area contributed by atoms with Crippen LogP contribution in [0.15, 0.2) is 23.1 Å². The summed E-state index contributed by atoms with van der Waals surface area (Å²) in [6.07, 6.45) is 0.665. The smallest absolute Gasteiger partial charge is 0.243 e. The van der Waals surface area contributed by atoms with Crippen LogP contribution in [0, 0.1) is 19.8 Å². The van der Waals surface area contributed by atoms with Crippen molar-refractivity contribution in [2.45, 2.75) is 45.1 Å². The maximum Gasteiger partial charge on any atom is 0.243 e. The van der Waals surface area contributed by atoms with E-state index in [1.165, 1.54) is 4.31 Å². The lowest BCUT2D eigenvalue weighted by Gasteiger charge is -2.22. The normalized spacial score (nSPS) is 14.0. The van der Waals surface area contributed by atoms with E-state index in [0.29, 0.717) is 23.8 Å². The summed E-state index contributed by atoms with van der Waals surface area (Å²) < 4.78 is 26.5. The molecule has 1 unspecified atom stereocenters. The van der Waals surface area contributed by atoms with Gasteiger partial charge in [0.15, 0.2) is 0 Å². The highest BCUT2D eigenvalue weighted by Gasteiger charge is 2.23. The number of aryl methyl sites for hydroxylation is 2. The molecule has 5 heteroatoms. The second-order valence-corrected chi connectivity index (χ2v) is 7.81. The van der Waals surface area contributed by atoms with E-state index in [1.807, 2.05) is 39.8 Å². The number of hydrogen-bond acceptors (Lipinski definition) is 3. The summed E-state index contributed by atoms with van der Waals surface area (Å²) in [6.45, 7) is 8.31. The predicted octanol–water partition coefficient (Wildman–Crippen LogP) is 2.30. The zero-order valence-electron chi connectivity index (χ0n) is 13.1. The van der Waals surface area contributed by atoms with Crippen LogP contribution in [-0.2, 0) is 10.0 Å². The van der Waals surface area contributed by atoms with Gasteiger partial charge in [-0.2, -0.15) is 0 Å². The molecule has 0 heterocycles. The van der Waals surface area contributed by atoms with Gasteiger partial charge in [0.05, 0.1) is 4.90 Å². The standard InChI is InChI=1S/C15H26N2O2S/c1-11(2)14(16)8-9-17(5)20(18,19)15-7-6-12(3)10-13(15)4/h6-7,10-11,14H,8-9,16H2,1-5H3. The molecule has 1 aromatic carbocycles. The molecular formula is C15H26N2O2S. The highest BCUT2D eigenvalue weighted by molar-refractivity contribution is 7.89. The Bertz CT molecular complexity index is 553. The Balaban J connectivity index is 2.87. The van der Waals surface area contributed by atoms with Crippen molar-refractivity contribution in [1.82, 2.24) is 4.31 Å². The molecule has 0 radical (unpaired) electrons. The van der Waals surface area contributed by atoms with Crippen molar-refractivity contribution in [3.05, 3.63) is 29.3 Å². The van der Waals surface area contributed by atoms with Gasteiger partial charge in [-0.05, 0) is 37.8 Å². The van der Waals surface area contributed by atoms with E-state index in [0.717, 1.165) is 11.1 Å². The van der Waals surface area contributed by atoms with Crippen LogP contribution in [0.1, 0.15) is 31.4 Å². The van der Waals surface area contributed by atoms with Crippen molar-refractivity contribution in [2.24, 2.45) is 11.7 Å². The Morgan fingerprint density at radius 1 is 1.25 bits per heavy atom. The minimum atomic E-state index is -3.43. The molecule has 20 heavy (non-hydrogen) atoms. The van der Waals surface area contributed by atoms with Crippen molar-refractivity contribution in [3.63, 3.8) is 0 Å². The lowest BCUT2D eigenvalue weighted by molar-refractivity contribution is 0.397. The lowest BCUT2D eigenvalue weighted by atomic mass is 10.0. The topological polar surface area (TPSA) is 63.4 Å². The van der Waals surface area contributed by atoms with Crippen LogP contribution in [0.2, 0.25) is 0 Å². The van der Waals surface area contributed by atoms with Gasteiger partial charge < -0.3 is 5.73 Å². The molecule has 0 bridgehead atoms. The van der Waals surface area contributed by atoms with Gasteiger partial charge >= 0.3 is 0 Å². The van der Waals surface area contributed by atoms with Gasteiger partial charge in [0.25, 0.3) is 0 Å². The molecule has 1 aromatic rings. The van der Waals surface area contributed by atoms with Crippen LogP contribution in [0.3, 0.4) is 0 Å². The summed E-state index contributed by atoms with van der Waals surface area (Å²) in [5.41, 5.74) is 7.82. The van der Waals surface area contributed by atoms with Crippen molar-refractivity contribution >= 4 is 10.0 Å². The average Bonchev–Trinajstić information content (AvgIpc) is 2.34. The first-order valence-electron chi connectivity index (χ1n) is 6.95. The van der Waals surface area contributed by atoms with E-state index in [-0.39, 0.29) is 6.04 Å². The van der Waals surface area contributed by atoms with Gasteiger partial charge in [-0.25, -0.2) is 12.7 Å². The number of nitrogens with two attached hydrogens (primary N) is 1. The van der Waals surface area contributed by atoms with Gasteiger partial charge in [-0.15, -0.1) is 0 Å². The molecule has 0 fully saturated rings. The van der Waals surface area contributed by atoms with Crippen molar-refractivity contribution in [3.8, 4) is 0 Å². The molecule has 2 N–H and O–H groups in total. The molecule has 1 rings (SSSR count). The van der Waals surface area contributed by atoms with Gasteiger partial charge in [0.1, 0.15) is 0 Å². The number of nitrogens with zero attached hydrogens (tertiary/aromatic N) is 1. The van der Waals surface area contributed by atoms with Gasteiger partial charge in [-0.3, -0.25) is 0 Å². The molecular weight excluding hydrogens is 272 g/mol. The second-order valence-electron chi connectivity index (χ2n) is 5.79. The van der Waals surface area contributed by atoms with Gasteiger partial charge in [0, 0.05) is 19.6 Å². The molecule has 0 spiro atoms. The molecule has 4 nitrogen and oxygen atoms in total. The van der Waals surface area contributed by atoms with Crippen LogP contribution in [0.5, 0.6) is 0 Å². The number of rotatable bonds is 6. The summed E-state index contributed by atoms with van der Waals surface area (Å²) in [4.78, 5) is 0.378. The molecule has 0 amide bonds. The Kier molecular flexibility index (Phi) is 5.74. The number of sulfonamides is 1. The largest absolute Gasteiger partial charge is 0.327 e. The first kappa shape index (κ1) is 17.1. The number of benzene rings is 1. The third kappa shape index (κ3) is 4.04. The van der Waals surface area contributed by atoms with Crippen molar-refractivity contribution < 1.29 is 8.42 Å². The maximum atomic E-state index is 12.5. The van der Waals surface area contributed by atoms with Gasteiger partial charge in [-0.1, -0.05) is 31.5 Å². The van der Waals surface area contributed by atoms with Crippen molar-refractivity contribution in [2.75, 3.05) is 13.6 Å². The molecule has 0 aromatic heterocycles. The summed E-state index contributed by atoms with van der Waals surface area (Å²) >= 11 is 0. The average molecular weight is 298 g/mol. The number of hydrogen-bond donors (Lipinski definition) is 1. The van der Waals surface area contributed by atoms with Crippen LogP contribution in [-0.4, -0.2) is 32.4 Å². The van der Waals surface area contributed by atoms with Crippen LogP contribution in [0.4, 0.5) is 0 Å². The van der Waals surface area contributed by atoms with E-state index in [4.69, 9.17) is 5.73 Å². The first-order chi connectivity index (χ1) is 9.16. The molecule has 1 atom stereocenters. The summed E-state index contributed by atoms with van der Waals surface area (Å²) in [5.74, 6) is 0.354. The van der Waals surface area contributed by atoms with Crippen LogP contribution >= 0.6 is 0 Å². The fraction of sp³-hybridized carbons (Fsp3) is 0.600. The quantitative estimate of drug-likeness (QED) is 0.876. The Labute approximate surface area is 123 Å². The fourth-order valence-electron chi connectivity index (χ4n) is 2.04. The van der Waals surface area contributed by atoms with Crippen LogP contribution < -0.4 is 5.73 Å². The van der Waals surface area contributed by atoms with E-state index < -0.39 is 10.0 Å².